The van der Waals surface area contributed by atoms with Crippen molar-refractivity contribution in [2.45, 2.75) is 38.5 Å². The van der Waals surface area contributed by atoms with Crippen LogP contribution in [0.4, 0.5) is 16.0 Å². The van der Waals surface area contributed by atoms with Crippen LogP contribution in [0.25, 0.3) is 0 Å². The quantitative estimate of drug-likeness (QED) is 0.638. The van der Waals surface area contributed by atoms with E-state index < -0.39 is 5.60 Å². The number of nitrogens with zero attached hydrogens (tertiary/aromatic N) is 3. The molecule has 1 saturated heterocycles. The second kappa shape index (κ2) is 7.27. The number of rotatable bonds is 4. The zero-order valence-corrected chi connectivity index (χ0v) is 16.4. The maximum Gasteiger partial charge on any atom is 0.165 e. The van der Waals surface area contributed by atoms with E-state index in [0.717, 1.165) is 17.1 Å². The van der Waals surface area contributed by atoms with Crippen molar-refractivity contribution >= 4 is 11.6 Å². The summed E-state index contributed by atoms with van der Waals surface area (Å²) in [5.41, 5.74) is 7.03. The van der Waals surface area contributed by atoms with Gasteiger partial charge in [-0.25, -0.2) is 19.8 Å². The van der Waals surface area contributed by atoms with Gasteiger partial charge in [-0.1, -0.05) is 19.9 Å². The van der Waals surface area contributed by atoms with Crippen molar-refractivity contribution in [3.8, 4) is 0 Å². The number of nitrogens with one attached hydrogen (secondary N) is 3. The smallest absolute Gasteiger partial charge is 0.165 e. The van der Waals surface area contributed by atoms with Crippen LogP contribution in [0.2, 0.25) is 0 Å². The zero-order valence-electron chi connectivity index (χ0n) is 16.4. The maximum absolute atomic E-state index is 14.7. The molecule has 3 unspecified atom stereocenters. The summed E-state index contributed by atoms with van der Waals surface area (Å²) in [5, 5.41) is 14.2. The third-order valence-corrected chi connectivity index (χ3v) is 5.98. The van der Waals surface area contributed by atoms with Gasteiger partial charge in [-0.15, -0.1) is 0 Å². The molecular formula is C20H27FN6O. The number of pyridine rings is 2. The normalized spacial score (nSPS) is 24.0. The molecule has 7 nitrogen and oxygen atoms in total. The number of hydrogen-bond donors (Lipinski definition) is 4. The lowest BCUT2D eigenvalue weighted by atomic mass is 9.84. The van der Waals surface area contributed by atoms with E-state index in [-0.39, 0.29) is 23.8 Å². The molecule has 2 aromatic heterocycles. The second-order valence-electron chi connectivity index (χ2n) is 8.02. The Morgan fingerprint density at radius 2 is 2.14 bits per heavy atom. The minimum absolute atomic E-state index is 0.0758. The number of fused-ring (bicyclic) bond motifs is 1. The minimum atomic E-state index is -0.895. The summed E-state index contributed by atoms with van der Waals surface area (Å²) < 4.78 is 14.7. The Kier molecular flexibility index (Phi) is 4.95. The van der Waals surface area contributed by atoms with Crippen LogP contribution < -0.4 is 21.1 Å². The van der Waals surface area contributed by atoms with Gasteiger partial charge in [0.05, 0.1) is 23.4 Å². The number of anilines is 2. The fourth-order valence-corrected chi connectivity index (χ4v) is 3.77. The van der Waals surface area contributed by atoms with Gasteiger partial charge < -0.3 is 20.7 Å². The molecule has 0 aliphatic carbocycles. The Hall–Kier alpha value is -2.29. The summed E-state index contributed by atoms with van der Waals surface area (Å²) in [6.45, 7) is 7.60. The molecule has 28 heavy (non-hydrogen) atoms. The molecule has 0 spiro atoms. The molecule has 8 heteroatoms. The molecule has 150 valence electrons. The molecule has 0 bridgehead atoms. The van der Waals surface area contributed by atoms with Crippen molar-refractivity contribution < 1.29 is 9.50 Å². The molecule has 3 atom stereocenters. The van der Waals surface area contributed by atoms with Gasteiger partial charge in [-0.2, -0.15) is 0 Å². The topological polar surface area (TPSA) is 85.3 Å². The van der Waals surface area contributed by atoms with Crippen LogP contribution in [0.5, 0.6) is 0 Å². The Morgan fingerprint density at radius 3 is 2.93 bits per heavy atom. The summed E-state index contributed by atoms with van der Waals surface area (Å²) in [7, 11) is 0. The Morgan fingerprint density at radius 1 is 1.32 bits per heavy atom. The van der Waals surface area contributed by atoms with E-state index in [9.17, 15) is 9.50 Å². The molecule has 0 amide bonds. The van der Waals surface area contributed by atoms with Gasteiger partial charge in [-0.05, 0) is 31.0 Å². The number of hydrogen-bond acceptors (Lipinski definition) is 7. The van der Waals surface area contributed by atoms with E-state index in [4.69, 9.17) is 0 Å². The number of hydrazine groups is 1. The third-order valence-electron chi connectivity index (χ3n) is 5.98. The largest absolute Gasteiger partial charge is 0.388 e. The summed E-state index contributed by atoms with van der Waals surface area (Å²) in [5.74, 6) is 0.802. The van der Waals surface area contributed by atoms with Gasteiger partial charge in [0, 0.05) is 31.4 Å². The zero-order chi connectivity index (χ0) is 19.9. The standard InChI is InChI=1S/C20H27FN6O/c1-12(2)20(3,28)16-11-27(10-9-22-16)19-14(21)6-7-15(24-19)17-13-5-4-8-23-18(13)26-25-17/h4-8,12,16-17,22,25,28H,9-11H2,1-3H3,(H,23,26). The van der Waals surface area contributed by atoms with Crippen LogP contribution >= 0.6 is 0 Å². The molecule has 0 radical (unpaired) electrons. The van der Waals surface area contributed by atoms with Crippen LogP contribution in [0.3, 0.4) is 0 Å². The molecule has 0 saturated carbocycles. The number of halogens is 1. The van der Waals surface area contributed by atoms with Crippen molar-refractivity contribution in [1.29, 1.82) is 0 Å². The minimum Gasteiger partial charge on any atom is -0.388 e. The van der Waals surface area contributed by atoms with Crippen LogP contribution in [-0.2, 0) is 0 Å². The van der Waals surface area contributed by atoms with E-state index in [1.807, 2.05) is 37.8 Å². The van der Waals surface area contributed by atoms with E-state index in [1.54, 1.807) is 12.3 Å². The third kappa shape index (κ3) is 3.32. The summed E-state index contributed by atoms with van der Waals surface area (Å²) >= 11 is 0. The van der Waals surface area contributed by atoms with E-state index in [2.05, 4.69) is 26.1 Å². The highest BCUT2D eigenvalue weighted by atomic mass is 19.1. The molecule has 2 aromatic rings. The molecule has 2 aliphatic heterocycles. The Labute approximate surface area is 164 Å². The predicted octanol–water partition coefficient (Wildman–Crippen LogP) is 1.82. The Balaban J connectivity index is 1.61. The summed E-state index contributed by atoms with van der Waals surface area (Å²) in [6, 6.07) is 6.66. The fourth-order valence-electron chi connectivity index (χ4n) is 3.77. The van der Waals surface area contributed by atoms with Gasteiger partial charge in [-0.3, -0.25) is 0 Å². The van der Waals surface area contributed by atoms with Crippen molar-refractivity contribution in [2.75, 3.05) is 30.0 Å². The first-order valence-corrected chi connectivity index (χ1v) is 9.71. The average Bonchev–Trinajstić information content (AvgIpc) is 3.12. The first-order chi connectivity index (χ1) is 13.4. The highest BCUT2D eigenvalue weighted by molar-refractivity contribution is 5.53. The molecule has 0 aromatic carbocycles. The molecule has 2 aliphatic rings. The first-order valence-electron chi connectivity index (χ1n) is 9.71. The second-order valence-corrected chi connectivity index (χ2v) is 8.02. The lowest BCUT2D eigenvalue weighted by Crippen LogP contribution is -2.62. The molecular weight excluding hydrogens is 359 g/mol. The monoisotopic (exact) mass is 386 g/mol. The lowest BCUT2D eigenvalue weighted by Gasteiger charge is -2.43. The van der Waals surface area contributed by atoms with Crippen molar-refractivity contribution in [3.63, 3.8) is 0 Å². The Bertz CT molecular complexity index is 858. The SMILES string of the molecule is CC(C)C(C)(O)C1CN(c2nc(C3NNc4ncccc43)ccc2F)CCN1. The lowest BCUT2D eigenvalue weighted by molar-refractivity contribution is -0.0232. The van der Waals surface area contributed by atoms with E-state index >= 15 is 0 Å². The van der Waals surface area contributed by atoms with Crippen LogP contribution in [0.1, 0.15) is 38.1 Å². The van der Waals surface area contributed by atoms with Gasteiger partial charge in [0.15, 0.2) is 11.6 Å². The molecule has 1 fully saturated rings. The van der Waals surface area contributed by atoms with Gasteiger partial charge in [0.2, 0.25) is 0 Å². The van der Waals surface area contributed by atoms with Crippen LogP contribution in [0.15, 0.2) is 30.5 Å². The van der Waals surface area contributed by atoms with E-state index in [1.165, 1.54) is 6.07 Å². The van der Waals surface area contributed by atoms with Gasteiger partial charge in [0.25, 0.3) is 0 Å². The van der Waals surface area contributed by atoms with Crippen LogP contribution in [-0.4, -0.2) is 46.4 Å². The molecule has 4 rings (SSSR count). The van der Waals surface area contributed by atoms with Crippen molar-refractivity contribution in [1.82, 2.24) is 20.7 Å². The maximum atomic E-state index is 14.7. The predicted molar refractivity (Wildman–Crippen MR) is 106 cm³/mol. The summed E-state index contributed by atoms with van der Waals surface area (Å²) in [4.78, 5) is 10.9. The average molecular weight is 386 g/mol. The van der Waals surface area contributed by atoms with Crippen molar-refractivity contribution in [2.24, 2.45) is 5.92 Å². The number of piperazine rings is 1. The highest BCUT2D eigenvalue weighted by Crippen LogP contribution is 2.32. The van der Waals surface area contributed by atoms with Gasteiger partial charge in [0.1, 0.15) is 5.82 Å². The first kappa shape index (κ1) is 19.0. The van der Waals surface area contributed by atoms with E-state index in [0.29, 0.717) is 25.5 Å². The summed E-state index contributed by atoms with van der Waals surface area (Å²) in [6.07, 6.45) is 1.72. The number of aromatic nitrogens is 2. The van der Waals surface area contributed by atoms with Crippen LogP contribution in [0, 0.1) is 11.7 Å². The highest BCUT2D eigenvalue weighted by Gasteiger charge is 2.38. The van der Waals surface area contributed by atoms with Gasteiger partial charge >= 0.3 is 0 Å². The fraction of sp³-hybridized carbons (Fsp3) is 0.500. The molecule has 4 heterocycles. The van der Waals surface area contributed by atoms with Crippen molar-refractivity contribution in [3.05, 3.63) is 47.5 Å². The number of aliphatic hydroxyl groups is 1. The molecule has 4 N–H and O–H groups in total.